The maximum absolute atomic E-state index is 5.20. The Balaban J connectivity index is 1.79. The summed E-state index contributed by atoms with van der Waals surface area (Å²) in [7, 11) is 1.74. The zero-order valence-electron chi connectivity index (χ0n) is 11.4. The van der Waals surface area contributed by atoms with Crippen molar-refractivity contribution in [2.75, 3.05) is 20.1 Å². The Morgan fingerprint density at radius 1 is 1.53 bits per heavy atom. The highest BCUT2D eigenvalue weighted by atomic mass is 15.2. The lowest BCUT2D eigenvalue weighted by Gasteiger charge is -2.11. The fraction of sp³-hybridized carbons (Fsp3) is 0.571. The molecule has 5 heteroatoms. The molecule has 0 atom stereocenters. The van der Waals surface area contributed by atoms with Gasteiger partial charge in [-0.1, -0.05) is 5.92 Å². The van der Waals surface area contributed by atoms with Crippen LogP contribution >= 0.6 is 0 Å². The lowest BCUT2D eigenvalue weighted by molar-refractivity contribution is 0.522. The van der Waals surface area contributed by atoms with E-state index in [4.69, 9.17) is 6.42 Å². The Labute approximate surface area is 114 Å². The minimum absolute atomic E-state index is 0.485. The van der Waals surface area contributed by atoms with E-state index in [1.807, 2.05) is 0 Å². The number of aryl methyl sites for hydroxylation is 2. The van der Waals surface area contributed by atoms with Gasteiger partial charge < -0.3 is 15.2 Å². The second-order valence-corrected chi connectivity index (χ2v) is 4.61. The highest BCUT2D eigenvalue weighted by Gasteiger charge is 2.11. The van der Waals surface area contributed by atoms with E-state index in [9.17, 15) is 0 Å². The molecule has 2 N–H and O–H groups in total. The van der Waals surface area contributed by atoms with Gasteiger partial charge >= 0.3 is 0 Å². The number of fused-ring (bicyclic) bond motifs is 1. The molecule has 0 bridgehead atoms. The van der Waals surface area contributed by atoms with Crippen LogP contribution in [-0.2, 0) is 19.4 Å². The van der Waals surface area contributed by atoms with Gasteiger partial charge in [0.25, 0.3) is 0 Å². The molecule has 2 heterocycles. The second kappa shape index (κ2) is 6.83. The normalized spacial score (nSPS) is 14.6. The minimum Gasteiger partial charge on any atom is -0.356 e. The summed E-state index contributed by atoms with van der Waals surface area (Å²) in [5.74, 6) is 4.50. The van der Waals surface area contributed by atoms with Gasteiger partial charge in [-0.15, -0.1) is 6.42 Å². The summed E-state index contributed by atoms with van der Waals surface area (Å²) >= 11 is 0. The van der Waals surface area contributed by atoms with Crippen LogP contribution in [-0.4, -0.2) is 35.6 Å². The monoisotopic (exact) mass is 259 g/mol. The standard InChI is InChI=1S/C14H21N5/c1-3-8-16-14(15-2)17-9-7-12-11-19-10-5-4-6-13(19)18-12/h1,11H,4-10H2,2H3,(H2,15,16,17). The smallest absolute Gasteiger partial charge is 0.191 e. The van der Waals surface area contributed by atoms with Crippen LogP contribution in [0.1, 0.15) is 24.4 Å². The third kappa shape index (κ3) is 3.75. The average Bonchev–Trinajstić information content (AvgIpc) is 2.85. The summed E-state index contributed by atoms with van der Waals surface area (Å²) in [5.41, 5.74) is 1.15. The fourth-order valence-corrected chi connectivity index (χ4v) is 2.26. The molecule has 0 aliphatic carbocycles. The number of aliphatic imine (C=N–C) groups is 1. The molecule has 0 spiro atoms. The predicted octanol–water partition coefficient (Wildman–Crippen LogP) is 0.560. The zero-order valence-corrected chi connectivity index (χ0v) is 11.4. The largest absolute Gasteiger partial charge is 0.356 e. The van der Waals surface area contributed by atoms with Crippen LogP contribution in [0, 0.1) is 12.3 Å². The van der Waals surface area contributed by atoms with Crippen molar-refractivity contribution in [2.24, 2.45) is 4.99 Å². The number of hydrogen-bond donors (Lipinski definition) is 2. The van der Waals surface area contributed by atoms with Crippen LogP contribution in [0.4, 0.5) is 0 Å². The van der Waals surface area contributed by atoms with Crippen LogP contribution < -0.4 is 10.6 Å². The van der Waals surface area contributed by atoms with Crippen LogP contribution in [0.3, 0.4) is 0 Å². The summed E-state index contributed by atoms with van der Waals surface area (Å²) in [6.45, 7) is 2.40. The molecule has 1 aliphatic rings. The SMILES string of the molecule is C#CCNC(=NC)NCCc1cn2c(n1)CCCC2. The van der Waals surface area contributed by atoms with Crippen molar-refractivity contribution >= 4 is 5.96 Å². The minimum atomic E-state index is 0.485. The van der Waals surface area contributed by atoms with E-state index in [1.54, 1.807) is 7.05 Å². The lowest BCUT2D eigenvalue weighted by Crippen LogP contribution is -2.38. The number of nitrogens with zero attached hydrogens (tertiary/aromatic N) is 3. The van der Waals surface area contributed by atoms with E-state index in [1.165, 1.54) is 18.7 Å². The molecule has 0 saturated carbocycles. The van der Waals surface area contributed by atoms with Crippen LogP contribution in [0.5, 0.6) is 0 Å². The molecule has 1 aromatic rings. The number of guanidine groups is 1. The van der Waals surface area contributed by atoms with E-state index in [2.05, 4.69) is 37.3 Å². The van der Waals surface area contributed by atoms with E-state index in [-0.39, 0.29) is 0 Å². The first-order chi connectivity index (χ1) is 9.33. The van der Waals surface area contributed by atoms with Crippen LogP contribution in [0.15, 0.2) is 11.2 Å². The van der Waals surface area contributed by atoms with Crippen molar-refractivity contribution in [3.05, 3.63) is 17.7 Å². The van der Waals surface area contributed by atoms with Crippen molar-refractivity contribution in [1.82, 2.24) is 20.2 Å². The molecule has 0 aromatic carbocycles. The van der Waals surface area contributed by atoms with Gasteiger partial charge in [0.1, 0.15) is 5.82 Å². The average molecular weight is 259 g/mol. The topological polar surface area (TPSA) is 54.2 Å². The van der Waals surface area contributed by atoms with Gasteiger partial charge in [-0.05, 0) is 12.8 Å². The first-order valence-corrected chi connectivity index (χ1v) is 6.76. The van der Waals surface area contributed by atoms with Gasteiger partial charge in [-0.25, -0.2) is 4.98 Å². The van der Waals surface area contributed by atoms with Crippen LogP contribution in [0.25, 0.3) is 0 Å². The molecule has 0 saturated heterocycles. The van der Waals surface area contributed by atoms with Crippen molar-refractivity contribution in [3.8, 4) is 12.3 Å². The van der Waals surface area contributed by atoms with E-state index >= 15 is 0 Å². The summed E-state index contributed by atoms with van der Waals surface area (Å²) in [6, 6.07) is 0. The quantitative estimate of drug-likeness (QED) is 0.472. The Morgan fingerprint density at radius 3 is 3.16 bits per heavy atom. The highest BCUT2D eigenvalue weighted by molar-refractivity contribution is 5.79. The summed E-state index contributed by atoms with van der Waals surface area (Å²) < 4.78 is 2.28. The summed E-state index contributed by atoms with van der Waals surface area (Å²) in [6.07, 6.45) is 11.9. The molecule has 0 fully saturated rings. The van der Waals surface area contributed by atoms with E-state index in [0.717, 1.165) is 37.6 Å². The Bertz CT molecular complexity index is 457. The molecule has 0 amide bonds. The van der Waals surface area contributed by atoms with Gasteiger partial charge in [-0.3, -0.25) is 4.99 Å². The van der Waals surface area contributed by atoms with Gasteiger partial charge in [-0.2, -0.15) is 0 Å². The third-order valence-electron chi connectivity index (χ3n) is 3.21. The van der Waals surface area contributed by atoms with Gasteiger partial charge in [0, 0.05) is 39.2 Å². The third-order valence-corrected chi connectivity index (χ3v) is 3.21. The molecule has 19 heavy (non-hydrogen) atoms. The van der Waals surface area contributed by atoms with E-state index < -0.39 is 0 Å². The number of imidazole rings is 1. The predicted molar refractivity (Wildman–Crippen MR) is 77.1 cm³/mol. The van der Waals surface area contributed by atoms with Crippen molar-refractivity contribution < 1.29 is 0 Å². The maximum Gasteiger partial charge on any atom is 0.191 e. The summed E-state index contributed by atoms with van der Waals surface area (Å²) in [5, 5.41) is 6.26. The Hall–Kier alpha value is -1.96. The Kier molecular flexibility index (Phi) is 4.85. The summed E-state index contributed by atoms with van der Waals surface area (Å²) in [4.78, 5) is 8.76. The number of terminal acetylenes is 1. The molecular weight excluding hydrogens is 238 g/mol. The number of nitrogens with one attached hydrogen (secondary N) is 2. The molecule has 102 valence electrons. The molecule has 0 radical (unpaired) electrons. The van der Waals surface area contributed by atoms with Crippen molar-refractivity contribution in [1.29, 1.82) is 0 Å². The molecule has 0 unspecified atom stereocenters. The fourth-order valence-electron chi connectivity index (χ4n) is 2.26. The first kappa shape index (κ1) is 13.5. The number of aromatic nitrogens is 2. The number of hydrogen-bond acceptors (Lipinski definition) is 2. The molecule has 5 nitrogen and oxygen atoms in total. The number of rotatable bonds is 4. The lowest BCUT2D eigenvalue weighted by atomic mass is 10.2. The van der Waals surface area contributed by atoms with Crippen molar-refractivity contribution in [3.63, 3.8) is 0 Å². The van der Waals surface area contributed by atoms with E-state index in [0.29, 0.717) is 6.54 Å². The zero-order chi connectivity index (χ0) is 13.5. The Morgan fingerprint density at radius 2 is 2.42 bits per heavy atom. The second-order valence-electron chi connectivity index (χ2n) is 4.61. The van der Waals surface area contributed by atoms with Crippen LogP contribution in [0.2, 0.25) is 0 Å². The molecule has 1 aliphatic heterocycles. The molecule has 2 rings (SSSR count). The van der Waals surface area contributed by atoms with Gasteiger partial charge in [0.05, 0.1) is 12.2 Å². The van der Waals surface area contributed by atoms with Gasteiger partial charge in [0.2, 0.25) is 0 Å². The first-order valence-electron chi connectivity index (χ1n) is 6.76. The maximum atomic E-state index is 5.20. The molecular formula is C14H21N5. The van der Waals surface area contributed by atoms with Crippen molar-refractivity contribution in [2.45, 2.75) is 32.2 Å². The molecule has 1 aromatic heterocycles. The van der Waals surface area contributed by atoms with Gasteiger partial charge in [0.15, 0.2) is 5.96 Å². The highest BCUT2D eigenvalue weighted by Crippen LogP contribution is 2.14.